The largest absolute Gasteiger partial charge is 0.495 e. The maximum Gasteiger partial charge on any atom is 0.264 e. The van der Waals surface area contributed by atoms with E-state index in [1.807, 2.05) is 37.3 Å². The van der Waals surface area contributed by atoms with Crippen molar-refractivity contribution in [1.82, 2.24) is 10.2 Å². The van der Waals surface area contributed by atoms with Gasteiger partial charge in [-0.3, -0.25) is 13.9 Å². The first-order valence-corrected chi connectivity index (χ1v) is 17.7. The first-order valence-electron chi connectivity index (χ1n) is 15.9. The number of rotatable bonds is 13. The molecule has 11 heteroatoms. The smallest absolute Gasteiger partial charge is 0.264 e. The number of ether oxygens (including phenoxy) is 1. The number of sulfonamides is 1. The minimum absolute atomic E-state index is 0.0207. The van der Waals surface area contributed by atoms with Gasteiger partial charge < -0.3 is 15.0 Å². The molecular formula is C37H39ClFN3O5S. The summed E-state index contributed by atoms with van der Waals surface area (Å²) in [6, 6.07) is 24.8. The molecule has 1 aliphatic rings. The van der Waals surface area contributed by atoms with E-state index in [1.165, 1.54) is 48.4 Å². The molecule has 5 rings (SSSR count). The topological polar surface area (TPSA) is 96.0 Å². The maximum atomic E-state index is 14.7. The fourth-order valence-corrected chi connectivity index (χ4v) is 7.50. The molecule has 4 aromatic rings. The molecule has 0 aliphatic heterocycles. The lowest BCUT2D eigenvalue weighted by molar-refractivity contribution is -0.140. The van der Waals surface area contributed by atoms with Crippen LogP contribution in [0, 0.1) is 12.7 Å². The molecular weight excluding hydrogens is 653 g/mol. The van der Waals surface area contributed by atoms with E-state index < -0.39 is 34.3 Å². The highest BCUT2D eigenvalue weighted by atomic mass is 35.5. The number of nitrogens with one attached hydrogen (secondary N) is 1. The van der Waals surface area contributed by atoms with Crippen molar-refractivity contribution in [2.75, 3.05) is 18.0 Å². The lowest BCUT2D eigenvalue weighted by Crippen LogP contribution is -2.54. The predicted molar refractivity (Wildman–Crippen MR) is 185 cm³/mol. The molecule has 8 nitrogen and oxygen atoms in total. The molecule has 1 N–H and O–H groups in total. The van der Waals surface area contributed by atoms with Gasteiger partial charge in [0.25, 0.3) is 10.0 Å². The van der Waals surface area contributed by atoms with Gasteiger partial charge in [-0.05, 0) is 73.4 Å². The van der Waals surface area contributed by atoms with E-state index in [9.17, 15) is 22.4 Å². The van der Waals surface area contributed by atoms with Crippen molar-refractivity contribution in [1.29, 1.82) is 0 Å². The summed E-state index contributed by atoms with van der Waals surface area (Å²) in [6.07, 6.45) is 3.86. The molecule has 0 heterocycles. The monoisotopic (exact) mass is 691 g/mol. The number of amides is 2. The number of hydrogen-bond donors (Lipinski definition) is 1. The molecule has 0 saturated heterocycles. The predicted octanol–water partition coefficient (Wildman–Crippen LogP) is 6.69. The summed E-state index contributed by atoms with van der Waals surface area (Å²) in [6.45, 7) is 1.10. The standard InChI is InChI=1S/C37H39ClFN3O5S/c1-26-12-19-32(20-13-26)48(45,46)42(33-23-29(38)16-21-35(33)47-2)25-36(43)41(24-28-14-17-30(39)18-15-28)34(22-27-8-4-3-5-9-27)37(44)40-31-10-6-7-11-31/h3-5,8-9,12-21,23,31,34H,6-7,10-11,22,24-25H2,1-2H3,(H,40,44)/t34-/m0/s1. The van der Waals surface area contributed by atoms with E-state index in [-0.39, 0.29) is 46.3 Å². The highest BCUT2D eigenvalue weighted by Crippen LogP contribution is 2.35. The van der Waals surface area contributed by atoms with Crippen LogP contribution >= 0.6 is 11.6 Å². The molecule has 1 fully saturated rings. The molecule has 252 valence electrons. The van der Waals surface area contributed by atoms with E-state index in [1.54, 1.807) is 30.3 Å². The Kier molecular flexibility index (Phi) is 11.4. The summed E-state index contributed by atoms with van der Waals surface area (Å²) < 4.78 is 49.1. The quantitative estimate of drug-likeness (QED) is 0.169. The van der Waals surface area contributed by atoms with Crippen molar-refractivity contribution in [2.24, 2.45) is 0 Å². The molecule has 4 aromatic carbocycles. The van der Waals surface area contributed by atoms with Gasteiger partial charge in [-0.15, -0.1) is 0 Å². The third-order valence-corrected chi connectivity index (χ3v) is 10.5. The second-order valence-electron chi connectivity index (χ2n) is 12.0. The Morgan fingerprint density at radius 2 is 1.60 bits per heavy atom. The number of halogens is 2. The number of benzene rings is 4. The van der Waals surface area contributed by atoms with E-state index in [0.29, 0.717) is 5.56 Å². The number of hydrogen-bond acceptors (Lipinski definition) is 5. The van der Waals surface area contributed by atoms with Gasteiger partial charge in [0.2, 0.25) is 11.8 Å². The van der Waals surface area contributed by atoms with Crippen LogP contribution in [-0.2, 0) is 32.6 Å². The van der Waals surface area contributed by atoms with Crippen molar-refractivity contribution >= 4 is 39.1 Å². The molecule has 0 radical (unpaired) electrons. The van der Waals surface area contributed by atoms with E-state index in [4.69, 9.17) is 16.3 Å². The van der Waals surface area contributed by atoms with Gasteiger partial charge in [0.1, 0.15) is 24.2 Å². The van der Waals surface area contributed by atoms with Gasteiger partial charge in [0.15, 0.2) is 0 Å². The zero-order chi connectivity index (χ0) is 34.3. The van der Waals surface area contributed by atoms with Gasteiger partial charge in [-0.2, -0.15) is 0 Å². The lowest BCUT2D eigenvalue weighted by Gasteiger charge is -2.34. The summed E-state index contributed by atoms with van der Waals surface area (Å²) >= 11 is 6.36. The first-order chi connectivity index (χ1) is 23.0. The number of carbonyl (C=O) groups excluding carboxylic acids is 2. The van der Waals surface area contributed by atoms with Gasteiger partial charge >= 0.3 is 0 Å². The van der Waals surface area contributed by atoms with Gasteiger partial charge in [-0.1, -0.05) is 84.6 Å². The molecule has 1 saturated carbocycles. The van der Waals surface area contributed by atoms with E-state index in [2.05, 4.69) is 5.32 Å². The normalized spacial score (nSPS) is 13.9. The third-order valence-electron chi connectivity index (χ3n) is 8.54. The van der Waals surface area contributed by atoms with Crippen molar-refractivity contribution in [3.63, 3.8) is 0 Å². The van der Waals surface area contributed by atoms with Crippen LogP contribution in [0.3, 0.4) is 0 Å². The van der Waals surface area contributed by atoms with Crippen LogP contribution in [-0.4, -0.2) is 50.9 Å². The number of anilines is 1. The second-order valence-corrected chi connectivity index (χ2v) is 14.3. The van der Waals surface area contributed by atoms with Crippen molar-refractivity contribution < 1.29 is 27.1 Å². The average molecular weight is 692 g/mol. The summed E-state index contributed by atoms with van der Waals surface area (Å²) in [7, 11) is -2.96. The fourth-order valence-electron chi connectivity index (χ4n) is 5.92. The summed E-state index contributed by atoms with van der Waals surface area (Å²) in [4.78, 5) is 30.1. The van der Waals surface area contributed by atoms with Crippen LogP contribution in [0.15, 0.2) is 102 Å². The van der Waals surface area contributed by atoms with Crippen LogP contribution < -0.4 is 14.4 Å². The number of nitrogens with zero attached hydrogens (tertiary/aromatic N) is 2. The Bertz CT molecular complexity index is 1820. The summed E-state index contributed by atoms with van der Waals surface area (Å²) in [5.41, 5.74) is 2.32. The van der Waals surface area contributed by atoms with Crippen molar-refractivity contribution in [3.05, 3.63) is 125 Å². The van der Waals surface area contributed by atoms with Crippen LogP contribution in [0.4, 0.5) is 10.1 Å². The Balaban J connectivity index is 1.60. The summed E-state index contributed by atoms with van der Waals surface area (Å²) in [5.74, 6) is -1.23. The van der Waals surface area contributed by atoms with Crippen LogP contribution in [0.5, 0.6) is 5.75 Å². The fraction of sp³-hybridized carbons (Fsp3) is 0.297. The molecule has 1 atom stereocenters. The average Bonchev–Trinajstić information content (AvgIpc) is 3.59. The Morgan fingerprint density at radius 3 is 2.25 bits per heavy atom. The first kappa shape index (κ1) is 34.9. The van der Waals surface area contributed by atoms with Gasteiger partial charge in [0, 0.05) is 24.0 Å². The van der Waals surface area contributed by atoms with Gasteiger partial charge in [-0.25, -0.2) is 12.8 Å². The molecule has 0 unspecified atom stereocenters. The maximum absolute atomic E-state index is 14.7. The van der Waals surface area contributed by atoms with E-state index in [0.717, 1.165) is 41.1 Å². The van der Waals surface area contributed by atoms with Crippen molar-refractivity contribution in [2.45, 2.75) is 62.6 Å². The summed E-state index contributed by atoms with van der Waals surface area (Å²) in [5, 5.41) is 3.38. The minimum atomic E-state index is -4.35. The number of carbonyl (C=O) groups is 2. The number of methoxy groups -OCH3 is 1. The molecule has 0 bridgehead atoms. The molecule has 0 aromatic heterocycles. The molecule has 0 spiro atoms. The van der Waals surface area contributed by atoms with Crippen LogP contribution in [0.1, 0.15) is 42.4 Å². The van der Waals surface area contributed by atoms with E-state index >= 15 is 0 Å². The van der Waals surface area contributed by atoms with Gasteiger partial charge in [0.05, 0.1) is 17.7 Å². The molecule has 48 heavy (non-hydrogen) atoms. The molecule has 1 aliphatic carbocycles. The Labute approximate surface area is 286 Å². The zero-order valence-corrected chi connectivity index (χ0v) is 28.5. The van der Waals surface area contributed by atoms with Crippen LogP contribution in [0.2, 0.25) is 5.02 Å². The number of aryl methyl sites for hydroxylation is 1. The Hall–Kier alpha value is -4.41. The highest BCUT2D eigenvalue weighted by molar-refractivity contribution is 7.92. The molecule has 2 amide bonds. The Morgan fingerprint density at radius 1 is 0.938 bits per heavy atom. The van der Waals surface area contributed by atoms with Crippen molar-refractivity contribution in [3.8, 4) is 5.75 Å². The highest BCUT2D eigenvalue weighted by Gasteiger charge is 2.36. The minimum Gasteiger partial charge on any atom is -0.495 e. The second kappa shape index (κ2) is 15.7. The third kappa shape index (κ3) is 8.54. The lowest BCUT2D eigenvalue weighted by atomic mass is 10.0. The zero-order valence-electron chi connectivity index (χ0n) is 26.9. The SMILES string of the molecule is COc1ccc(Cl)cc1N(CC(=O)N(Cc1ccc(F)cc1)[C@@H](Cc1ccccc1)C(=O)NC1CCCC1)S(=O)(=O)c1ccc(C)cc1. The van der Waals surface area contributed by atoms with Crippen LogP contribution in [0.25, 0.3) is 0 Å².